The predicted octanol–water partition coefficient (Wildman–Crippen LogP) is 3.89. The predicted molar refractivity (Wildman–Crippen MR) is 103 cm³/mol. The maximum Gasteiger partial charge on any atom is 0.277 e. The van der Waals surface area contributed by atoms with Gasteiger partial charge in [0.2, 0.25) is 5.13 Å². The summed E-state index contributed by atoms with van der Waals surface area (Å²) in [6.45, 7) is 3.85. The lowest BCUT2D eigenvalue weighted by atomic mass is 10.3. The first-order chi connectivity index (χ1) is 13.1. The lowest BCUT2D eigenvalue weighted by molar-refractivity contribution is 0.102. The molecule has 27 heavy (non-hydrogen) atoms. The topological polar surface area (TPSA) is 81.4 Å². The van der Waals surface area contributed by atoms with Gasteiger partial charge in [0, 0.05) is 12.4 Å². The number of pyridine rings is 1. The monoisotopic (exact) mass is 379 g/mol. The van der Waals surface area contributed by atoms with Gasteiger partial charge in [0.1, 0.15) is 23.2 Å². The molecule has 136 valence electrons. The lowest BCUT2D eigenvalue weighted by Crippen LogP contribution is -2.12. The number of carbonyl (C=O) groups is 1. The Morgan fingerprint density at radius 2 is 2.00 bits per heavy atom. The molecule has 4 aromatic rings. The van der Waals surface area contributed by atoms with E-state index in [-0.39, 0.29) is 12.0 Å². The highest BCUT2D eigenvalue weighted by Crippen LogP contribution is 2.26. The van der Waals surface area contributed by atoms with E-state index >= 15 is 0 Å². The van der Waals surface area contributed by atoms with Crippen molar-refractivity contribution >= 4 is 28.0 Å². The van der Waals surface area contributed by atoms with Crippen LogP contribution in [-0.2, 0) is 0 Å². The van der Waals surface area contributed by atoms with E-state index in [0.29, 0.717) is 15.8 Å². The first-order valence-corrected chi connectivity index (χ1v) is 9.22. The van der Waals surface area contributed by atoms with Crippen molar-refractivity contribution in [3.05, 3.63) is 71.1 Å². The SMILES string of the molecule is Cc1cccn2cc(C(=O)Nc3nnc([C@H](C)Oc4ccccc4)s3)nc12. The Labute approximate surface area is 159 Å². The molecule has 0 unspecified atom stereocenters. The van der Waals surface area contributed by atoms with Crippen LogP contribution in [0.1, 0.15) is 34.1 Å². The third-order valence-corrected chi connectivity index (χ3v) is 4.98. The Hall–Kier alpha value is -3.26. The van der Waals surface area contributed by atoms with Crippen LogP contribution in [0.25, 0.3) is 5.65 Å². The minimum Gasteiger partial charge on any atom is -0.483 e. The number of nitrogens with one attached hydrogen (secondary N) is 1. The number of nitrogens with zero attached hydrogens (tertiary/aromatic N) is 4. The Balaban J connectivity index is 1.46. The molecule has 0 radical (unpaired) electrons. The highest BCUT2D eigenvalue weighted by molar-refractivity contribution is 7.15. The first kappa shape index (κ1) is 17.2. The average Bonchev–Trinajstić information content (AvgIpc) is 3.30. The van der Waals surface area contributed by atoms with Crippen molar-refractivity contribution in [3.63, 3.8) is 0 Å². The number of carbonyl (C=O) groups excluding carboxylic acids is 1. The minimum absolute atomic E-state index is 0.270. The van der Waals surface area contributed by atoms with Crippen molar-refractivity contribution in [2.75, 3.05) is 5.32 Å². The number of aromatic nitrogens is 4. The van der Waals surface area contributed by atoms with E-state index in [2.05, 4.69) is 20.5 Å². The normalized spacial score (nSPS) is 12.1. The van der Waals surface area contributed by atoms with Gasteiger partial charge in [0.15, 0.2) is 5.01 Å². The Morgan fingerprint density at radius 1 is 1.19 bits per heavy atom. The second kappa shape index (κ2) is 7.16. The number of hydrogen-bond donors (Lipinski definition) is 1. The van der Waals surface area contributed by atoms with Gasteiger partial charge in [0.25, 0.3) is 5.91 Å². The molecule has 0 bridgehead atoms. The molecule has 0 aliphatic carbocycles. The third-order valence-electron chi connectivity index (χ3n) is 3.98. The number of benzene rings is 1. The standard InChI is InChI=1S/C19H17N5O2S/c1-12-7-6-10-24-11-15(20-16(12)24)17(25)21-19-23-22-18(27-19)13(2)26-14-8-4-3-5-9-14/h3-11,13H,1-2H3,(H,21,23,25)/t13-/m0/s1. The highest BCUT2D eigenvalue weighted by atomic mass is 32.1. The maximum atomic E-state index is 12.5. The van der Waals surface area contributed by atoms with Crippen molar-refractivity contribution < 1.29 is 9.53 Å². The Kier molecular flexibility index (Phi) is 4.55. The molecule has 3 heterocycles. The molecule has 0 aliphatic rings. The van der Waals surface area contributed by atoms with E-state index in [1.807, 2.05) is 66.9 Å². The van der Waals surface area contributed by atoms with E-state index in [4.69, 9.17) is 4.74 Å². The molecular formula is C19H17N5O2S. The molecule has 0 spiro atoms. The summed E-state index contributed by atoms with van der Waals surface area (Å²) in [5.41, 5.74) is 2.08. The first-order valence-electron chi connectivity index (χ1n) is 8.41. The van der Waals surface area contributed by atoms with Crippen molar-refractivity contribution in [3.8, 4) is 5.75 Å². The van der Waals surface area contributed by atoms with E-state index in [1.165, 1.54) is 11.3 Å². The van der Waals surface area contributed by atoms with Crippen LogP contribution < -0.4 is 10.1 Å². The van der Waals surface area contributed by atoms with Crippen LogP contribution in [0, 0.1) is 6.92 Å². The quantitative estimate of drug-likeness (QED) is 0.569. The van der Waals surface area contributed by atoms with Gasteiger partial charge >= 0.3 is 0 Å². The van der Waals surface area contributed by atoms with Crippen LogP contribution in [-0.4, -0.2) is 25.5 Å². The fourth-order valence-electron chi connectivity index (χ4n) is 2.63. The second-order valence-electron chi connectivity index (χ2n) is 6.02. The molecule has 0 fully saturated rings. The fraction of sp³-hybridized carbons (Fsp3) is 0.158. The summed E-state index contributed by atoms with van der Waals surface area (Å²) in [6.07, 6.45) is 3.28. The van der Waals surface area contributed by atoms with Crippen molar-refractivity contribution in [2.45, 2.75) is 20.0 Å². The summed E-state index contributed by atoms with van der Waals surface area (Å²) >= 11 is 1.28. The molecule has 3 aromatic heterocycles. The van der Waals surface area contributed by atoms with Gasteiger partial charge in [-0.2, -0.15) is 0 Å². The third kappa shape index (κ3) is 3.65. The summed E-state index contributed by atoms with van der Waals surface area (Å²) in [7, 11) is 0. The van der Waals surface area contributed by atoms with Gasteiger partial charge in [-0.15, -0.1) is 10.2 Å². The van der Waals surface area contributed by atoms with E-state index < -0.39 is 0 Å². The number of hydrogen-bond acceptors (Lipinski definition) is 6. The number of rotatable bonds is 5. The summed E-state index contributed by atoms with van der Waals surface area (Å²) in [5.74, 6) is 0.434. The molecule has 1 atom stereocenters. The largest absolute Gasteiger partial charge is 0.483 e. The van der Waals surface area contributed by atoms with E-state index in [9.17, 15) is 4.79 Å². The molecule has 0 saturated carbocycles. The zero-order valence-corrected chi connectivity index (χ0v) is 15.6. The fourth-order valence-corrected chi connectivity index (χ4v) is 3.35. The number of anilines is 1. The van der Waals surface area contributed by atoms with Gasteiger partial charge in [0.05, 0.1) is 0 Å². The number of aryl methyl sites for hydroxylation is 1. The van der Waals surface area contributed by atoms with Crippen LogP contribution in [0.2, 0.25) is 0 Å². The highest BCUT2D eigenvalue weighted by Gasteiger charge is 2.17. The number of amides is 1. The molecule has 0 aliphatic heterocycles. The molecule has 8 heteroatoms. The molecule has 1 amide bonds. The molecular weight excluding hydrogens is 362 g/mol. The van der Waals surface area contributed by atoms with Crippen LogP contribution in [0.15, 0.2) is 54.9 Å². The molecule has 4 rings (SSSR count). The van der Waals surface area contributed by atoms with Crippen LogP contribution >= 0.6 is 11.3 Å². The number of imidazole rings is 1. The van der Waals surface area contributed by atoms with Gasteiger partial charge < -0.3 is 9.14 Å². The molecule has 0 saturated heterocycles. The van der Waals surface area contributed by atoms with Crippen molar-refractivity contribution in [1.29, 1.82) is 0 Å². The van der Waals surface area contributed by atoms with Gasteiger partial charge in [-0.05, 0) is 37.6 Å². The zero-order valence-electron chi connectivity index (χ0n) is 14.8. The van der Waals surface area contributed by atoms with Crippen molar-refractivity contribution in [1.82, 2.24) is 19.6 Å². The summed E-state index contributed by atoms with van der Waals surface area (Å²) in [6, 6.07) is 13.4. The number of para-hydroxylation sites is 1. The molecule has 1 N–H and O–H groups in total. The minimum atomic E-state index is -0.322. The van der Waals surface area contributed by atoms with Crippen LogP contribution in [0.5, 0.6) is 5.75 Å². The summed E-state index contributed by atoms with van der Waals surface area (Å²) < 4.78 is 7.66. The second-order valence-corrected chi connectivity index (χ2v) is 7.03. The maximum absolute atomic E-state index is 12.5. The van der Waals surface area contributed by atoms with E-state index in [1.54, 1.807) is 6.20 Å². The number of ether oxygens (including phenoxy) is 1. The lowest BCUT2D eigenvalue weighted by Gasteiger charge is -2.10. The van der Waals surface area contributed by atoms with E-state index in [0.717, 1.165) is 17.0 Å². The number of fused-ring (bicyclic) bond motifs is 1. The van der Waals surface area contributed by atoms with Crippen LogP contribution in [0.4, 0.5) is 5.13 Å². The smallest absolute Gasteiger partial charge is 0.277 e. The van der Waals surface area contributed by atoms with Gasteiger partial charge in [-0.25, -0.2) is 4.98 Å². The Morgan fingerprint density at radius 3 is 2.78 bits per heavy atom. The molecule has 1 aromatic carbocycles. The summed E-state index contributed by atoms with van der Waals surface area (Å²) in [5, 5.41) is 12.0. The zero-order chi connectivity index (χ0) is 18.8. The average molecular weight is 379 g/mol. The van der Waals surface area contributed by atoms with Gasteiger partial charge in [-0.1, -0.05) is 35.6 Å². The van der Waals surface area contributed by atoms with Crippen LogP contribution in [0.3, 0.4) is 0 Å². The van der Waals surface area contributed by atoms with Gasteiger partial charge in [-0.3, -0.25) is 10.1 Å². The molecule has 7 nitrogen and oxygen atoms in total. The Bertz CT molecular complexity index is 1090. The summed E-state index contributed by atoms with van der Waals surface area (Å²) in [4.78, 5) is 16.9. The van der Waals surface area contributed by atoms with Crippen molar-refractivity contribution in [2.24, 2.45) is 0 Å².